The predicted molar refractivity (Wildman–Crippen MR) is 94.2 cm³/mol. The van der Waals surface area contributed by atoms with Gasteiger partial charge in [-0.25, -0.2) is 0 Å². The number of aryl methyl sites for hydroxylation is 1. The largest absolute Gasteiger partial charge is 0.382 e. The molecule has 0 radical (unpaired) electrons. The second-order valence-electron chi connectivity index (χ2n) is 6.10. The first kappa shape index (κ1) is 17.4. The van der Waals surface area contributed by atoms with Crippen LogP contribution >= 0.6 is 0 Å². The van der Waals surface area contributed by atoms with Gasteiger partial charge in [-0.15, -0.1) is 0 Å². The minimum Gasteiger partial charge on any atom is -0.382 e. The molecule has 8 nitrogen and oxygen atoms in total. The van der Waals surface area contributed by atoms with Crippen LogP contribution < -0.4 is 11.1 Å². The Morgan fingerprint density at radius 2 is 2.36 bits per heavy atom. The van der Waals surface area contributed by atoms with Crippen molar-refractivity contribution in [3.05, 3.63) is 42.0 Å². The zero-order valence-electron chi connectivity index (χ0n) is 14.6. The lowest BCUT2D eigenvalue weighted by Crippen LogP contribution is -2.47. The van der Waals surface area contributed by atoms with Crippen molar-refractivity contribution in [1.82, 2.24) is 19.7 Å². The normalized spacial score (nSPS) is 21.2. The summed E-state index contributed by atoms with van der Waals surface area (Å²) in [5.41, 5.74) is 7.47. The Balaban J connectivity index is 1.75. The van der Waals surface area contributed by atoms with Crippen molar-refractivity contribution in [2.75, 3.05) is 31.6 Å². The van der Waals surface area contributed by atoms with E-state index in [9.17, 15) is 4.79 Å². The minimum atomic E-state index is -0.539. The number of hydrogen-bond donors (Lipinski definition) is 2. The van der Waals surface area contributed by atoms with Crippen molar-refractivity contribution >= 4 is 11.6 Å². The number of morpholine rings is 1. The quantitative estimate of drug-likeness (QED) is 0.804. The van der Waals surface area contributed by atoms with Crippen LogP contribution in [-0.4, -0.2) is 57.9 Å². The zero-order valence-corrected chi connectivity index (χ0v) is 14.6. The minimum absolute atomic E-state index is 0.0249. The number of rotatable bonds is 6. The number of nitrogens with two attached hydrogens (primary N) is 1. The van der Waals surface area contributed by atoms with Crippen molar-refractivity contribution in [2.24, 2.45) is 12.8 Å². The number of anilines is 1. The van der Waals surface area contributed by atoms with Gasteiger partial charge in [-0.05, 0) is 18.7 Å². The van der Waals surface area contributed by atoms with E-state index in [4.69, 9.17) is 10.5 Å². The summed E-state index contributed by atoms with van der Waals surface area (Å²) in [6, 6.07) is 3.60. The summed E-state index contributed by atoms with van der Waals surface area (Å²) in [6.07, 6.45) is 5.48. The molecule has 0 aliphatic carbocycles. The smallest absolute Gasteiger partial charge is 0.267 e. The van der Waals surface area contributed by atoms with Crippen molar-refractivity contribution in [1.29, 1.82) is 0 Å². The zero-order chi connectivity index (χ0) is 17.8. The molecule has 0 aromatic carbocycles. The fraction of sp³-hybridized carbons (Fsp3) is 0.471. The van der Waals surface area contributed by atoms with Crippen LogP contribution in [0.1, 0.15) is 29.0 Å². The number of ether oxygens (including phenoxy) is 1. The maximum atomic E-state index is 11.3. The monoisotopic (exact) mass is 344 g/mol. The van der Waals surface area contributed by atoms with E-state index in [0.717, 1.165) is 24.3 Å². The molecule has 134 valence electrons. The Morgan fingerprint density at radius 1 is 1.52 bits per heavy atom. The van der Waals surface area contributed by atoms with Gasteiger partial charge in [-0.1, -0.05) is 6.92 Å². The number of nitrogens with one attached hydrogen (secondary N) is 1. The standard InChI is InChI=1S/C17H24N6O2/c1-3-23-6-7-25-15(16(23)12-9-21-22(2)11-12)10-20-13-4-5-19-14(8-13)17(18)24/h4-5,8-9,11,15-16H,3,6-7,10H2,1-2H3,(H2,18,24)(H,19,20)/t15-,16-/m0/s1. The number of primary amides is 1. The molecule has 2 aromatic rings. The van der Waals surface area contributed by atoms with Crippen LogP contribution in [0.2, 0.25) is 0 Å². The topological polar surface area (TPSA) is 98.3 Å². The van der Waals surface area contributed by atoms with Crippen molar-refractivity contribution in [3.63, 3.8) is 0 Å². The van der Waals surface area contributed by atoms with E-state index in [1.54, 1.807) is 12.3 Å². The lowest BCUT2D eigenvalue weighted by Gasteiger charge is -2.40. The molecule has 0 unspecified atom stereocenters. The van der Waals surface area contributed by atoms with Gasteiger partial charge in [0.25, 0.3) is 5.91 Å². The molecule has 1 amide bonds. The first-order valence-electron chi connectivity index (χ1n) is 8.42. The van der Waals surface area contributed by atoms with Gasteiger partial charge in [0, 0.05) is 43.8 Å². The third kappa shape index (κ3) is 3.97. The summed E-state index contributed by atoms with van der Waals surface area (Å²) in [4.78, 5) is 17.6. The molecule has 1 saturated heterocycles. The van der Waals surface area contributed by atoms with Gasteiger partial charge in [0.2, 0.25) is 0 Å². The van der Waals surface area contributed by atoms with Gasteiger partial charge < -0.3 is 15.8 Å². The Labute approximate surface area is 147 Å². The molecule has 2 atom stereocenters. The van der Waals surface area contributed by atoms with Crippen LogP contribution in [0.15, 0.2) is 30.7 Å². The van der Waals surface area contributed by atoms with Crippen LogP contribution in [0.4, 0.5) is 5.69 Å². The highest BCUT2D eigenvalue weighted by Crippen LogP contribution is 2.29. The molecule has 25 heavy (non-hydrogen) atoms. The number of pyridine rings is 1. The number of carbonyl (C=O) groups is 1. The second kappa shape index (κ2) is 7.62. The number of hydrogen-bond acceptors (Lipinski definition) is 6. The molecular formula is C17H24N6O2. The first-order chi connectivity index (χ1) is 12.1. The van der Waals surface area contributed by atoms with E-state index in [1.807, 2.05) is 30.2 Å². The SMILES string of the molecule is CCN1CCO[C@@H](CNc2ccnc(C(N)=O)c2)[C@@H]1c1cnn(C)c1. The lowest BCUT2D eigenvalue weighted by molar-refractivity contribution is -0.0639. The van der Waals surface area contributed by atoms with E-state index in [-0.39, 0.29) is 17.8 Å². The van der Waals surface area contributed by atoms with Gasteiger partial charge in [-0.3, -0.25) is 19.4 Å². The van der Waals surface area contributed by atoms with Gasteiger partial charge in [0.1, 0.15) is 5.69 Å². The maximum Gasteiger partial charge on any atom is 0.267 e. The highest BCUT2D eigenvalue weighted by molar-refractivity contribution is 5.91. The molecule has 0 spiro atoms. The number of aromatic nitrogens is 3. The van der Waals surface area contributed by atoms with Crippen LogP contribution in [-0.2, 0) is 11.8 Å². The van der Waals surface area contributed by atoms with E-state index in [0.29, 0.717) is 13.2 Å². The highest BCUT2D eigenvalue weighted by Gasteiger charge is 2.33. The highest BCUT2D eigenvalue weighted by atomic mass is 16.5. The third-order valence-corrected chi connectivity index (χ3v) is 4.45. The van der Waals surface area contributed by atoms with Crippen LogP contribution in [0, 0.1) is 0 Å². The summed E-state index contributed by atoms with van der Waals surface area (Å²) >= 11 is 0. The van der Waals surface area contributed by atoms with Crippen molar-refractivity contribution in [2.45, 2.75) is 19.1 Å². The Kier molecular flexibility index (Phi) is 5.30. The average Bonchev–Trinajstić information content (AvgIpc) is 3.05. The molecule has 1 aliphatic heterocycles. The molecule has 8 heteroatoms. The lowest BCUT2D eigenvalue weighted by atomic mass is 10.0. The van der Waals surface area contributed by atoms with Gasteiger partial charge in [0.05, 0.1) is 24.9 Å². The maximum absolute atomic E-state index is 11.3. The number of amides is 1. The molecular weight excluding hydrogens is 320 g/mol. The van der Waals surface area contributed by atoms with Crippen LogP contribution in [0.3, 0.4) is 0 Å². The summed E-state index contributed by atoms with van der Waals surface area (Å²) in [5, 5.41) is 7.63. The summed E-state index contributed by atoms with van der Waals surface area (Å²) in [7, 11) is 1.92. The molecule has 0 saturated carbocycles. The number of carbonyl (C=O) groups excluding carboxylic acids is 1. The summed E-state index contributed by atoms with van der Waals surface area (Å²) in [5.74, 6) is -0.539. The predicted octanol–water partition coefficient (Wildman–Crippen LogP) is 0.788. The second-order valence-corrected chi connectivity index (χ2v) is 6.10. The fourth-order valence-corrected chi connectivity index (χ4v) is 3.22. The Bertz CT molecular complexity index is 731. The van der Waals surface area contributed by atoms with Gasteiger partial charge >= 0.3 is 0 Å². The van der Waals surface area contributed by atoms with Gasteiger partial charge in [-0.2, -0.15) is 5.10 Å². The molecule has 2 aromatic heterocycles. The third-order valence-electron chi connectivity index (χ3n) is 4.45. The number of likely N-dealkylation sites (N-methyl/N-ethyl adjacent to an activating group) is 1. The van der Waals surface area contributed by atoms with Gasteiger partial charge in [0.15, 0.2) is 0 Å². The molecule has 0 bridgehead atoms. The molecule has 1 fully saturated rings. The molecule has 1 aliphatic rings. The Morgan fingerprint density at radius 3 is 3.04 bits per heavy atom. The Hall–Kier alpha value is -2.45. The average molecular weight is 344 g/mol. The van der Waals surface area contributed by atoms with Crippen molar-refractivity contribution < 1.29 is 9.53 Å². The summed E-state index contributed by atoms with van der Waals surface area (Å²) in [6.45, 7) is 5.30. The van der Waals surface area contributed by atoms with E-state index in [1.165, 1.54) is 0 Å². The molecule has 3 rings (SSSR count). The van der Waals surface area contributed by atoms with E-state index in [2.05, 4.69) is 27.2 Å². The molecule has 3 heterocycles. The first-order valence-corrected chi connectivity index (χ1v) is 8.42. The van der Waals surface area contributed by atoms with E-state index < -0.39 is 5.91 Å². The molecule has 3 N–H and O–H groups in total. The van der Waals surface area contributed by atoms with E-state index >= 15 is 0 Å². The van der Waals surface area contributed by atoms with Crippen LogP contribution in [0.5, 0.6) is 0 Å². The fourth-order valence-electron chi connectivity index (χ4n) is 3.22. The van der Waals surface area contributed by atoms with Crippen LogP contribution in [0.25, 0.3) is 0 Å². The summed E-state index contributed by atoms with van der Waals surface area (Å²) < 4.78 is 7.85. The number of nitrogens with zero attached hydrogens (tertiary/aromatic N) is 4. The van der Waals surface area contributed by atoms with Crippen molar-refractivity contribution in [3.8, 4) is 0 Å².